The van der Waals surface area contributed by atoms with Gasteiger partial charge < -0.3 is 20.1 Å². The summed E-state index contributed by atoms with van der Waals surface area (Å²) in [6.45, 7) is 7.07. The molecule has 3 aromatic carbocycles. The van der Waals surface area contributed by atoms with E-state index in [0.717, 1.165) is 0 Å². The number of rotatable bonds is 3. The predicted octanol–water partition coefficient (Wildman–Crippen LogP) is 6.02. The summed E-state index contributed by atoms with van der Waals surface area (Å²) in [5.74, 6) is -1.82. The van der Waals surface area contributed by atoms with E-state index in [0.29, 0.717) is 42.3 Å². The molecular formula is C25H20Br2O6. The van der Waals surface area contributed by atoms with Gasteiger partial charge in [0.25, 0.3) is 0 Å². The molecule has 0 aromatic heterocycles. The van der Waals surface area contributed by atoms with Gasteiger partial charge >= 0.3 is 11.9 Å². The number of esters is 1. The van der Waals surface area contributed by atoms with E-state index in [1.165, 1.54) is 12.1 Å². The number of phenols is 2. The molecular weight excluding hydrogens is 556 g/mol. The Kier molecular flexibility index (Phi) is 5.57. The van der Waals surface area contributed by atoms with Crippen LogP contribution in [0.25, 0.3) is 0 Å². The van der Waals surface area contributed by atoms with E-state index in [1.54, 1.807) is 45.9 Å². The van der Waals surface area contributed by atoms with Gasteiger partial charge in [-0.15, -0.1) is 0 Å². The van der Waals surface area contributed by atoms with Gasteiger partial charge in [-0.1, -0.05) is 6.07 Å². The van der Waals surface area contributed by atoms with Gasteiger partial charge in [-0.25, -0.2) is 9.59 Å². The van der Waals surface area contributed by atoms with E-state index >= 15 is 0 Å². The summed E-state index contributed by atoms with van der Waals surface area (Å²) in [4.78, 5) is 25.5. The number of cyclic esters (lactones) is 1. The van der Waals surface area contributed by atoms with Crippen molar-refractivity contribution in [3.05, 3.63) is 89.3 Å². The van der Waals surface area contributed by atoms with Crippen molar-refractivity contribution >= 4 is 43.8 Å². The second kappa shape index (κ2) is 7.88. The molecule has 4 rings (SSSR count). The number of phenolic OH excluding ortho intramolecular Hbond substituents is 2. The Labute approximate surface area is 207 Å². The van der Waals surface area contributed by atoms with Gasteiger partial charge in [0.2, 0.25) is 0 Å². The summed E-state index contributed by atoms with van der Waals surface area (Å²) in [7, 11) is 0. The molecule has 0 saturated carbocycles. The highest BCUT2D eigenvalue weighted by molar-refractivity contribution is 9.11. The summed E-state index contributed by atoms with van der Waals surface area (Å²) in [5, 5.41) is 30.9. The summed E-state index contributed by atoms with van der Waals surface area (Å²) < 4.78 is 7.01. The quantitative estimate of drug-likeness (QED) is 0.330. The molecule has 1 heterocycles. The lowest BCUT2D eigenvalue weighted by Crippen LogP contribution is -2.35. The van der Waals surface area contributed by atoms with Crippen LogP contribution in [0.5, 0.6) is 11.5 Å². The number of hydrogen-bond donors (Lipinski definition) is 3. The Balaban J connectivity index is 2.32. The van der Waals surface area contributed by atoms with Crippen molar-refractivity contribution in [2.75, 3.05) is 0 Å². The van der Waals surface area contributed by atoms with E-state index in [9.17, 15) is 24.9 Å². The van der Waals surface area contributed by atoms with Crippen molar-refractivity contribution in [2.45, 2.75) is 33.3 Å². The fourth-order valence-corrected chi connectivity index (χ4v) is 5.59. The zero-order valence-electron chi connectivity index (χ0n) is 18.2. The number of halogens is 2. The van der Waals surface area contributed by atoms with Crippen LogP contribution in [0.15, 0.2) is 39.3 Å². The molecule has 0 fully saturated rings. The molecule has 6 nitrogen and oxygen atoms in total. The SMILES string of the molecule is Cc1cc(O)c(Br)c(C)c1C1(c2c(C)cc(O)c(Br)c2C)OC(=O)c2cccc(C(=O)O)c21. The highest BCUT2D eigenvalue weighted by atomic mass is 79.9. The number of aromatic carboxylic acids is 1. The van der Waals surface area contributed by atoms with Gasteiger partial charge in [0.05, 0.1) is 20.1 Å². The van der Waals surface area contributed by atoms with Gasteiger partial charge in [0.15, 0.2) is 5.60 Å². The lowest BCUT2D eigenvalue weighted by molar-refractivity contribution is 0.0239. The molecule has 0 bridgehead atoms. The first-order valence-electron chi connectivity index (χ1n) is 10.0. The number of benzene rings is 3. The fraction of sp³-hybridized carbons (Fsp3) is 0.200. The molecule has 3 aromatic rings. The normalized spacial score (nSPS) is 14.2. The number of carbonyl (C=O) groups excluding carboxylic acids is 1. The lowest BCUT2D eigenvalue weighted by Gasteiger charge is -2.36. The molecule has 170 valence electrons. The Morgan fingerprint density at radius 1 is 0.879 bits per heavy atom. The summed E-state index contributed by atoms with van der Waals surface area (Å²) in [6, 6.07) is 7.59. The van der Waals surface area contributed by atoms with Crippen LogP contribution in [-0.2, 0) is 10.3 Å². The second-order valence-electron chi connectivity index (χ2n) is 8.16. The maximum atomic E-state index is 13.2. The van der Waals surface area contributed by atoms with Gasteiger partial charge in [0, 0.05) is 16.7 Å². The molecule has 3 N–H and O–H groups in total. The van der Waals surface area contributed by atoms with Crippen LogP contribution in [-0.4, -0.2) is 27.3 Å². The minimum Gasteiger partial charge on any atom is -0.507 e. The molecule has 0 unspecified atom stereocenters. The van der Waals surface area contributed by atoms with E-state index in [1.807, 2.05) is 0 Å². The largest absolute Gasteiger partial charge is 0.507 e. The number of hydrogen-bond acceptors (Lipinski definition) is 5. The standard InChI is InChI=1S/C25H20Br2O6/c1-10-8-16(28)21(26)12(3)18(10)25(19-11(2)9-17(29)22(27)13(19)4)20-14(23(30)31)6-5-7-15(20)24(32)33-25/h5-9,28-29H,1-4H3,(H,30,31). The molecule has 1 aliphatic heterocycles. The number of carboxylic acid groups (broad SMARTS) is 1. The van der Waals surface area contributed by atoms with Gasteiger partial charge in [-0.2, -0.15) is 0 Å². The number of ether oxygens (including phenoxy) is 1. The Morgan fingerprint density at radius 2 is 1.36 bits per heavy atom. The van der Waals surface area contributed by atoms with Crippen LogP contribution in [0.2, 0.25) is 0 Å². The lowest BCUT2D eigenvalue weighted by atomic mass is 9.72. The Bertz CT molecular complexity index is 1310. The molecule has 0 amide bonds. The second-order valence-corrected chi connectivity index (χ2v) is 9.74. The van der Waals surface area contributed by atoms with Crippen LogP contribution in [0.1, 0.15) is 59.7 Å². The molecule has 0 saturated heterocycles. The van der Waals surface area contributed by atoms with Crippen molar-refractivity contribution in [1.29, 1.82) is 0 Å². The van der Waals surface area contributed by atoms with Gasteiger partial charge in [-0.05, 0) is 106 Å². The maximum Gasteiger partial charge on any atom is 0.340 e. The van der Waals surface area contributed by atoms with Crippen molar-refractivity contribution < 1.29 is 29.6 Å². The van der Waals surface area contributed by atoms with Crippen molar-refractivity contribution in [1.82, 2.24) is 0 Å². The number of aromatic hydroxyl groups is 2. The number of aryl methyl sites for hydroxylation is 2. The number of carboxylic acids is 1. The van der Waals surface area contributed by atoms with Gasteiger partial charge in [-0.3, -0.25) is 0 Å². The molecule has 0 radical (unpaired) electrons. The van der Waals surface area contributed by atoms with Crippen LogP contribution in [0, 0.1) is 27.7 Å². The van der Waals surface area contributed by atoms with E-state index in [2.05, 4.69) is 31.9 Å². The number of carbonyl (C=O) groups is 2. The van der Waals surface area contributed by atoms with E-state index in [-0.39, 0.29) is 28.2 Å². The summed E-state index contributed by atoms with van der Waals surface area (Å²) in [5.41, 5.74) is 2.16. The highest BCUT2D eigenvalue weighted by Gasteiger charge is 2.54. The third-order valence-electron chi connectivity index (χ3n) is 6.17. The highest BCUT2D eigenvalue weighted by Crippen LogP contribution is 2.55. The first kappa shape index (κ1) is 23.3. The van der Waals surface area contributed by atoms with Crippen LogP contribution in [0.4, 0.5) is 0 Å². The van der Waals surface area contributed by atoms with E-state index in [4.69, 9.17) is 4.74 Å². The molecule has 33 heavy (non-hydrogen) atoms. The van der Waals surface area contributed by atoms with Crippen molar-refractivity contribution in [3.63, 3.8) is 0 Å². The minimum atomic E-state index is -1.63. The third kappa shape index (κ3) is 3.19. The first-order valence-corrected chi connectivity index (χ1v) is 11.6. The van der Waals surface area contributed by atoms with Gasteiger partial charge in [0.1, 0.15) is 11.5 Å². The minimum absolute atomic E-state index is 0.0142. The average Bonchev–Trinajstić information content (AvgIpc) is 3.03. The number of fused-ring (bicyclic) bond motifs is 1. The third-order valence-corrected chi connectivity index (χ3v) is 8.17. The summed E-state index contributed by atoms with van der Waals surface area (Å²) >= 11 is 6.84. The smallest absolute Gasteiger partial charge is 0.340 e. The van der Waals surface area contributed by atoms with Crippen molar-refractivity contribution in [3.8, 4) is 11.5 Å². The van der Waals surface area contributed by atoms with Crippen LogP contribution >= 0.6 is 31.9 Å². The zero-order valence-corrected chi connectivity index (χ0v) is 21.4. The maximum absolute atomic E-state index is 13.2. The Hall–Kier alpha value is -2.84. The summed E-state index contributed by atoms with van der Waals surface area (Å²) in [6.07, 6.45) is 0. The predicted molar refractivity (Wildman–Crippen MR) is 129 cm³/mol. The monoisotopic (exact) mass is 574 g/mol. The molecule has 0 aliphatic carbocycles. The molecule has 1 aliphatic rings. The van der Waals surface area contributed by atoms with Crippen molar-refractivity contribution in [2.24, 2.45) is 0 Å². The molecule has 0 atom stereocenters. The average molecular weight is 576 g/mol. The van der Waals surface area contributed by atoms with E-state index < -0.39 is 17.5 Å². The van der Waals surface area contributed by atoms with Crippen LogP contribution < -0.4 is 0 Å². The zero-order chi connectivity index (χ0) is 24.4. The molecule has 0 spiro atoms. The van der Waals surface area contributed by atoms with Crippen LogP contribution in [0.3, 0.4) is 0 Å². The molecule has 8 heteroatoms. The Morgan fingerprint density at radius 3 is 1.82 bits per heavy atom. The first-order chi connectivity index (χ1) is 15.4. The fourth-order valence-electron chi connectivity index (χ4n) is 4.96. The topological polar surface area (TPSA) is 104 Å².